The molecule has 2 heterocycles. The van der Waals surface area contributed by atoms with Gasteiger partial charge in [-0.2, -0.15) is 10.0 Å². The van der Waals surface area contributed by atoms with Crippen molar-refractivity contribution in [2.75, 3.05) is 47.9 Å². The van der Waals surface area contributed by atoms with Crippen LogP contribution in [0, 0.1) is 0 Å². The summed E-state index contributed by atoms with van der Waals surface area (Å²) in [6, 6.07) is 0. The molecule has 0 saturated carbocycles. The third-order valence-electron chi connectivity index (χ3n) is 2.65. The van der Waals surface area contributed by atoms with Gasteiger partial charge in [0.1, 0.15) is 13.1 Å². The summed E-state index contributed by atoms with van der Waals surface area (Å²) >= 11 is 0. The highest BCUT2D eigenvalue weighted by Crippen LogP contribution is 2.05. The van der Waals surface area contributed by atoms with E-state index in [0.717, 1.165) is 31.7 Å². The van der Waals surface area contributed by atoms with Gasteiger partial charge in [-0.05, 0) is 0 Å². The van der Waals surface area contributed by atoms with E-state index in [1.54, 1.807) is 0 Å². The molecule has 0 saturated heterocycles. The predicted octanol–water partition coefficient (Wildman–Crippen LogP) is -1.37. The van der Waals surface area contributed by atoms with Crippen LogP contribution in [0.5, 0.6) is 0 Å². The molecule has 2 aliphatic rings. The number of guanidine groups is 2. The van der Waals surface area contributed by atoms with Crippen molar-refractivity contribution < 1.29 is 4.58 Å². The average molecular weight is 211 g/mol. The molecular weight excluding hydrogens is 192 g/mol. The van der Waals surface area contributed by atoms with E-state index in [-0.39, 0.29) is 0 Å². The molecule has 0 unspecified atom stereocenters. The highest BCUT2D eigenvalue weighted by molar-refractivity contribution is 5.97. The lowest BCUT2D eigenvalue weighted by molar-refractivity contribution is -0.519. The average Bonchev–Trinajstić information content (AvgIpc) is 2.59. The van der Waals surface area contributed by atoms with E-state index in [1.807, 2.05) is 19.0 Å². The fraction of sp³-hybridized carbons (Fsp3) is 0.778. The molecule has 0 radical (unpaired) electrons. The van der Waals surface area contributed by atoms with Crippen molar-refractivity contribution in [3.05, 3.63) is 0 Å². The van der Waals surface area contributed by atoms with Gasteiger partial charge >= 0.3 is 5.96 Å². The van der Waals surface area contributed by atoms with Crippen LogP contribution in [-0.4, -0.2) is 79.4 Å². The summed E-state index contributed by atoms with van der Waals surface area (Å²) in [5.74, 6) is 2.06. The van der Waals surface area contributed by atoms with E-state index in [0.29, 0.717) is 0 Å². The molecule has 0 fully saturated rings. The smallest absolute Gasteiger partial charge is 0.336 e. The van der Waals surface area contributed by atoms with Gasteiger partial charge in [-0.25, -0.2) is 14.9 Å². The van der Waals surface area contributed by atoms with Crippen LogP contribution in [0.2, 0.25) is 0 Å². The fourth-order valence-corrected chi connectivity index (χ4v) is 1.81. The van der Waals surface area contributed by atoms with Crippen LogP contribution < -0.4 is 5.32 Å². The lowest BCUT2D eigenvalue weighted by Gasteiger charge is -2.24. The second-order valence-electron chi connectivity index (χ2n) is 4.20. The van der Waals surface area contributed by atoms with Crippen molar-refractivity contribution in [2.24, 2.45) is 4.99 Å². The molecule has 0 amide bonds. The number of hydrogen-bond acceptors (Lipinski definition) is 5. The van der Waals surface area contributed by atoms with Crippen LogP contribution in [0.4, 0.5) is 0 Å². The van der Waals surface area contributed by atoms with Crippen LogP contribution in [0.25, 0.3) is 0 Å². The van der Waals surface area contributed by atoms with Crippen molar-refractivity contribution in [1.29, 1.82) is 0 Å². The van der Waals surface area contributed by atoms with Crippen molar-refractivity contribution in [2.45, 2.75) is 0 Å². The molecule has 6 nitrogen and oxygen atoms in total. The Bertz CT molecular complexity index is 317. The van der Waals surface area contributed by atoms with Crippen molar-refractivity contribution in [3.8, 4) is 0 Å². The minimum Gasteiger partial charge on any atom is -0.336 e. The van der Waals surface area contributed by atoms with Gasteiger partial charge in [0.15, 0.2) is 6.67 Å². The minimum absolute atomic E-state index is 0.750. The van der Waals surface area contributed by atoms with Crippen molar-refractivity contribution >= 4 is 11.9 Å². The highest BCUT2D eigenvalue weighted by atomic mass is 15.7. The fourth-order valence-electron chi connectivity index (χ4n) is 1.81. The zero-order chi connectivity index (χ0) is 11.0. The summed E-state index contributed by atoms with van der Waals surface area (Å²) in [7, 11) is 8.10. The Morgan fingerprint density at radius 1 is 1.33 bits per heavy atom. The first-order chi connectivity index (χ1) is 7.09. The molecule has 0 aromatic carbocycles. The Hall–Kier alpha value is -1.30. The first-order valence-corrected chi connectivity index (χ1v) is 5.15. The zero-order valence-corrected chi connectivity index (χ0v) is 9.86. The maximum Gasteiger partial charge on any atom is 0.374 e. The number of aliphatic imine (C=N–C) groups is 1. The molecule has 6 heteroatoms. The molecule has 1 N–H and O–H groups in total. The Morgan fingerprint density at radius 3 is 2.67 bits per heavy atom. The standard InChI is InChI=1S/C9H18N6/c1-12(2)8-10-7-14-5-6-15(13(3)4)9(14)11-8/h5-7H2,1-4H3/p+1. The molecule has 2 rings (SSSR count). The van der Waals surface area contributed by atoms with Crippen molar-refractivity contribution in [3.63, 3.8) is 0 Å². The Balaban J connectivity index is 2.14. The second kappa shape index (κ2) is 3.69. The number of hydrazine groups is 1. The van der Waals surface area contributed by atoms with Crippen LogP contribution >= 0.6 is 0 Å². The van der Waals surface area contributed by atoms with Crippen LogP contribution in [0.1, 0.15) is 0 Å². The zero-order valence-electron chi connectivity index (χ0n) is 9.86. The number of hydrogen-bond donors (Lipinski definition) is 1. The number of rotatable bonds is 1. The van der Waals surface area contributed by atoms with Gasteiger partial charge in [0.2, 0.25) is 0 Å². The monoisotopic (exact) mass is 211 g/mol. The molecule has 15 heavy (non-hydrogen) atoms. The molecule has 0 bridgehead atoms. The Morgan fingerprint density at radius 2 is 2.07 bits per heavy atom. The first kappa shape index (κ1) is 10.2. The van der Waals surface area contributed by atoms with Crippen LogP contribution in [0.15, 0.2) is 4.99 Å². The molecule has 0 aliphatic carbocycles. The molecule has 0 atom stereocenters. The summed E-state index contributed by atoms with van der Waals surface area (Å²) in [6.45, 7) is 2.80. The first-order valence-electron chi connectivity index (χ1n) is 5.15. The van der Waals surface area contributed by atoms with Gasteiger partial charge in [-0.15, -0.1) is 0 Å². The summed E-state index contributed by atoms with van der Waals surface area (Å²) in [5.41, 5.74) is 0. The van der Waals surface area contributed by atoms with Crippen molar-refractivity contribution in [1.82, 2.24) is 20.2 Å². The van der Waals surface area contributed by atoms with E-state index < -0.39 is 0 Å². The van der Waals surface area contributed by atoms with Gasteiger partial charge in [-0.3, -0.25) is 0 Å². The van der Waals surface area contributed by atoms with Gasteiger partial charge in [0.05, 0.1) is 0 Å². The molecule has 0 spiro atoms. The Labute approximate surface area is 90.4 Å². The molecule has 0 aromatic heterocycles. The maximum absolute atomic E-state index is 4.46. The largest absolute Gasteiger partial charge is 0.374 e. The predicted molar refractivity (Wildman–Crippen MR) is 59.7 cm³/mol. The third kappa shape index (κ3) is 1.77. The molecule has 0 aromatic rings. The second-order valence-corrected chi connectivity index (χ2v) is 4.20. The van der Waals surface area contributed by atoms with E-state index >= 15 is 0 Å². The lowest BCUT2D eigenvalue weighted by atomic mass is 10.6. The molecule has 2 aliphatic heterocycles. The number of nitrogens with zero attached hydrogens (tertiary/aromatic N) is 5. The SMILES string of the molecule is CN(C)C1=NC[N+]2=C(N1)N(N(C)C)CC2. The Kier molecular flexibility index (Phi) is 2.52. The van der Waals surface area contributed by atoms with E-state index in [4.69, 9.17) is 0 Å². The molecule has 84 valence electrons. The van der Waals surface area contributed by atoms with Gasteiger partial charge in [0, 0.05) is 28.2 Å². The van der Waals surface area contributed by atoms with E-state index in [1.165, 1.54) is 0 Å². The molecular formula is C9H19N6+. The quantitative estimate of drug-likeness (QED) is 0.543. The van der Waals surface area contributed by atoms with Gasteiger partial charge in [-0.1, -0.05) is 0 Å². The normalized spacial score (nSPS) is 20.3. The summed E-state index contributed by atoms with van der Waals surface area (Å²) < 4.78 is 2.24. The summed E-state index contributed by atoms with van der Waals surface area (Å²) in [5, 5.41) is 7.67. The lowest BCUT2D eigenvalue weighted by Crippen LogP contribution is -2.54. The summed E-state index contributed by atoms with van der Waals surface area (Å²) in [6.07, 6.45) is 0. The third-order valence-corrected chi connectivity index (χ3v) is 2.65. The van der Waals surface area contributed by atoms with Crippen LogP contribution in [0.3, 0.4) is 0 Å². The maximum atomic E-state index is 4.46. The van der Waals surface area contributed by atoms with E-state index in [9.17, 15) is 0 Å². The highest BCUT2D eigenvalue weighted by Gasteiger charge is 2.35. The minimum atomic E-state index is 0.750. The van der Waals surface area contributed by atoms with Gasteiger partial charge < -0.3 is 4.90 Å². The topological polar surface area (TPSA) is 37.1 Å². The van der Waals surface area contributed by atoms with Crippen LogP contribution in [-0.2, 0) is 0 Å². The summed E-state index contributed by atoms with van der Waals surface area (Å²) in [4.78, 5) is 6.45. The van der Waals surface area contributed by atoms with E-state index in [2.05, 4.69) is 39.0 Å². The van der Waals surface area contributed by atoms with Gasteiger partial charge in [0.25, 0.3) is 5.96 Å². The number of nitrogens with one attached hydrogen (secondary N) is 1.